The van der Waals surface area contributed by atoms with E-state index >= 15 is 0 Å². The fraction of sp³-hybridized carbons (Fsp3) is 0.304. The minimum Gasteiger partial charge on any atom is -0.481 e. The second kappa shape index (κ2) is 17.7. The molecule has 2 fully saturated rings. The number of nitrogens with zero attached hydrogens (tertiary/aromatic N) is 2. The van der Waals surface area contributed by atoms with Crippen LogP contribution in [-0.2, 0) is 39.9 Å². The van der Waals surface area contributed by atoms with E-state index in [2.05, 4.69) is 10.3 Å². The molecule has 1 aromatic heterocycles. The van der Waals surface area contributed by atoms with Crippen LogP contribution in [0.15, 0.2) is 109 Å². The van der Waals surface area contributed by atoms with Crippen LogP contribution in [0.4, 0.5) is 5.69 Å². The van der Waals surface area contributed by atoms with Gasteiger partial charge in [-0.15, -0.1) is 0 Å². The highest BCUT2D eigenvalue weighted by atomic mass is 16.5. The number of Topliss-reactive ketones (excluding diaryl/α,β-unsaturated/α-hetero) is 1. The number of esters is 1. The fourth-order valence-corrected chi connectivity index (χ4v) is 8.28. The highest BCUT2D eigenvalue weighted by Crippen LogP contribution is 2.32. The van der Waals surface area contributed by atoms with Gasteiger partial charge in [0.1, 0.15) is 6.04 Å². The topological polar surface area (TPSA) is 166 Å². The van der Waals surface area contributed by atoms with Gasteiger partial charge in [-0.2, -0.15) is 0 Å². The van der Waals surface area contributed by atoms with E-state index in [9.17, 15) is 33.9 Å². The number of carboxylic acids is 1. The van der Waals surface area contributed by atoms with Gasteiger partial charge in [0.05, 0.1) is 37.8 Å². The SMILES string of the molecule is COC(=O)C[C@@H](C(=O)N1CCC[C@H]1C(=O)Nc1ccc(-c2cc3cc(CC(=O)[C@@H]4CCCN4C(=O)[C@H](CC(=O)O)c4ccccc4)ccc3[nH]2)cc1)c1ccccc1. The van der Waals surface area contributed by atoms with Crippen LogP contribution >= 0.6 is 0 Å². The Hall–Kier alpha value is -6.56. The summed E-state index contributed by atoms with van der Waals surface area (Å²) < 4.78 is 4.87. The molecular weight excluding hydrogens is 737 g/mol. The maximum absolute atomic E-state index is 13.8. The van der Waals surface area contributed by atoms with Crippen LogP contribution in [0.5, 0.6) is 0 Å². The molecule has 0 spiro atoms. The molecule has 5 aromatic rings. The smallest absolute Gasteiger partial charge is 0.306 e. The van der Waals surface area contributed by atoms with Crippen LogP contribution in [0, 0.1) is 0 Å². The number of carboxylic acid groups (broad SMARTS) is 1. The van der Waals surface area contributed by atoms with Crippen LogP contribution in [0.25, 0.3) is 22.2 Å². The predicted octanol–water partition coefficient (Wildman–Crippen LogP) is 6.47. The average Bonchev–Trinajstić information content (AvgIpc) is 4.03. The first-order valence-electron chi connectivity index (χ1n) is 19.6. The quantitative estimate of drug-likeness (QED) is 0.108. The lowest BCUT2D eigenvalue weighted by Crippen LogP contribution is -2.45. The molecule has 12 nitrogen and oxygen atoms in total. The number of aromatic amines is 1. The largest absolute Gasteiger partial charge is 0.481 e. The van der Waals surface area contributed by atoms with Gasteiger partial charge in [-0.3, -0.25) is 28.8 Å². The van der Waals surface area contributed by atoms with Crippen molar-refractivity contribution in [2.75, 3.05) is 25.5 Å². The lowest BCUT2D eigenvalue weighted by atomic mass is 9.93. The summed E-state index contributed by atoms with van der Waals surface area (Å²) >= 11 is 0. The first-order valence-corrected chi connectivity index (χ1v) is 19.6. The Morgan fingerprint density at radius 2 is 1.33 bits per heavy atom. The molecule has 7 rings (SSSR count). The van der Waals surface area contributed by atoms with E-state index in [1.165, 1.54) is 7.11 Å². The normalized spacial score (nSPS) is 17.5. The molecule has 298 valence electrons. The van der Waals surface area contributed by atoms with Gasteiger partial charge in [-0.25, -0.2) is 0 Å². The number of carbonyl (C=O) groups excluding carboxylic acids is 5. The van der Waals surface area contributed by atoms with Crippen molar-refractivity contribution >= 4 is 52.0 Å². The van der Waals surface area contributed by atoms with E-state index in [4.69, 9.17) is 4.74 Å². The van der Waals surface area contributed by atoms with Crippen LogP contribution in [0.2, 0.25) is 0 Å². The fourth-order valence-electron chi connectivity index (χ4n) is 8.28. The van der Waals surface area contributed by atoms with E-state index in [1.54, 1.807) is 58.3 Å². The Kier molecular flexibility index (Phi) is 12.1. The van der Waals surface area contributed by atoms with Crippen molar-refractivity contribution in [2.45, 2.75) is 68.9 Å². The van der Waals surface area contributed by atoms with E-state index in [-0.39, 0.29) is 42.8 Å². The van der Waals surface area contributed by atoms with Gasteiger partial charge < -0.3 is 29.9 Å². The Labute approximate surface area is 336 Å². The third-order valence-electron chi connectivity index (χ3n) is 11.3. The van der Waals surface area contributed by atoms with Crippen molar-refractivity contribution < 1.29 is 38.6 Å². The summed E-state index contributed by atoms with van der Waals surface area (Å²) in [6.45, 7) is 0.826. The standard InChI is InChI=1S/C46H46N4O8/c1-58-43(54)28-36(31-12-6-3-7-13-31)46(57)50-23-9-15-40(50)44(55)47-34-19-17-32(18-20-34)38-26-33-24-29(16-21-37(33)48-38)25-41(51)39-14-8-22-49(39)45(56)35(27-42(52)53)30-10-4-2-5-11-30/h2-7,10-13,16-21,24,26,35-36,39-40,48H,8-9,14-15,22-23,25,27-28H2,1H3,(H,47,55)(H,52,53)/t35-,36-,39+,40+/m1/s1. The first-order chi connectivity index (χ1) is 28.1. The number of carbonyl (C=O) groups is 6. The summed E-state index contributed by atoms with van der Waals surface area (Å²) in [4.78, 5) is 85.2. The molecule has 0 saturated carbocycles. The molecule has 12 heteroatoms. The molecule has 0 aliphatic carbocycles. The maximum atomic E-state index is 13.8. The number of aliphatic carboxylic acids is 1. The number of H-pyrrole nitrogens is 1. The average molecular weight is 783 g/mol. The lowest BCUT2D eigenvalue weighted by Gasteiger charge is -2.28. The summed E-state index contributed by atoms with van der Waals surface area (Å²) in [5.41, 5.74) is 5.32. The summed E-state index contributed by atoms with van der Waals surface area (Å²) in [7, 11) is 1.29. The Balaban J connectivity index is 0.991. The van der Waals surface area contributed by atoms with Gasteiger partial charge in [-0.05, 0) is 78.3 Å². The molecule has 0 bridgehead atoms. The molecule has 3 N–H and O–H groups in total. The van der Waals surface area contributed by atoms with Crippen molar-refractivity contribution in [2.24, 2.45) is 0 Å². The van der Waals surface area contributed by atoms with E-state index in [0.29, 0.717) is 55.6 Å². The van der Waals surface area contributed by atoms with Gasteiger partial charge in [0.2, 0.25) is 17.7 Å². The second-order valence-electron chi connectivity index (χ2n) is 15.0. The van der Waals surface area contributed by atoms with Crippen LogP contribution < -0.4 is 5.32 Å². The number of benzene rings is 4. The van der Waals surface area contributed by atoms with E-state index in [1.807, 2.05) is 60.7 Å². The van der Waals surface area contributed by atoms with Crippen LogP contribution in [0.1, 0.15) is 67.1 Å². The zero-order valence-corrected chi connectivity index (χ0v) is 32.3. The number of amides is 3. The molecule has 4 atom stereocenters. The summed E-state index contributed by atoms with van der Waals surface area (Å²) in [5, 5.41) is 13.4. The number of rotatable bonds is 14. The third kappa shape index (κ3) is 8.86. The molecule has 3 amide bonds. The minimum atomic E-state index is -1.07. The van der Waals surface area contributed by atoms with Crippen LogP contribution in [-0.4, -0.2) is 87.6 Å². The van der Waals surface area contributed by atoms with E-state index < -0.39 is 35.9 Å². The highest BCUT2D eigenvalue weighted by Gasteiger charge is 2.40. The molecule has 4 aromatic carbocycles. The third-order valence-corrected chi connectivity index (χ3v) is 11.3. The van der Waals surface area contributed by atoms with Crippen molar-refractivity contribution in [3.63, 3.8) is 0 Å². The number of likely N-dealkylation sites (tertiary alicyclic amines) is 2. The number of methoxy groups -OCH3 is 1. The Morgan fingerprint density at radius 1 is 0.741 bits per heavy atom. The number of fused-ring (bicyclic) bond motifs is 1. The lowest BCUT2D eigenvalue weighted by molar-refractivity contribution is -0.145. The maximum Gasteiger partial charge on any atom is 0.306 e. The summed E-state index contributed by atoms with van der Waals surface area (Å²) in [6, 6.07) is 31.8. The Morgan fingerprint density at radius 3 is 1.93 bits per heavy atom. The van der Waals surface area contributed by atoms with Crippen molar-refractivity contribution in [1.29, 1.82) is 0 Å². The van der Waals surface area contributed by atoms with E-state index in [0.717, 1.165) is 27.7 Å². The predicted molar refractivity (Wildman–Crippen MR) is 218 cm³/mol. The molecule has 58 heavy (non-hydrogen) atoms. The monoisotopic (exact) mass is 782 g/mol. The highest BCUT2D eigenvalue weighted by molar-refractivity contribution is 5.99. The van der Waals surface area contributed by atoms with Crippen LogP contribution in [0.3, 0.4) is 0 Å². The zero-order valence-electron chi connectivity index (χ0n) is 32.3. The van der Waals surface area contributed by atoms with Gasteiger partial charge >= 0.3 is 11.9 Å². The van der Waals surface area contributed by atoms with Gasteiger partial charge in [0.15, 0.2) is 5.78 Å². The molecule has 2 aliphatic heterocycles. The number of aromatic nitrogens is 1. The number of hydrogen-bond donors (Lipinski definition) is 3. The molecule has 3 heterocycles. The number of ketones is 1. The first kappa shape index (κ1) is 39.7. The molecule has 0 unspecified atom stereocenters. The molecular formula is C46H46N4O8. The van der Waals surface area contributed by atoms with Gasteiger partial charge in [0.25, 0.3) is 0 Å². The zero-order chi connectivity index (χ0) is 40.8. The Bertz CT molecular complexity index is 2310. The van der Waals surface area contributed by atoms with Crippen molar-refractivity contribution in [3.8, 4) is 11.3 Å². The number of anilines is 1. The van der Waals surface area contributed by atoms with Crippen molar-refractivity contribution in [3.05, 3.63) is 126 Å². The second-order valence-corrected chi connectivity index (χ2v) is 15.0. The van der Waals surface area contributed by atoms with Gasteiger partial charge in [0, 0.05) is 41.8 Å². The summed E-state index contributed by atoms with van der Waals surface area (Å²) in [6.07, 6.45) is 2.06. The van der Waals surface area contributed by atoms with Crippen molar-refractivity contribution in [1.82, 2.24) is 14.8 Å². The summed E-state index contributed by atoms with van der Waals surface area (Å²) in [5.74, 6) is -4.17. The number of ether oxygens (including phenoxy) is 1. The minimum absolute atomic E-state index is 0.0805. The van der Waals surface area contributed by atoms with Gasteiger partial charge in [-0.1, -0.05) is 78.9 Å². The molecule has 2 aliphatic rings. The molecule has 0 radical (unpaired) electrons. The number of nitrogens with one attached hydrogen (secondary N) is 2. The number of hydrogen-bond acceptors (Lipinski definition) is 7. The molecule has 2 saturated heterocycles.